The summed E-state index contributed by atoms with van der Waals surface area (Å²) in [6.07, 6.45) is 5.31. The lowest BCUT2D eigenvalue weighted by Crippen LogP contribution is -2.32. The molecule has 1 aromatic heterocycles. The largest absolute Gasteiger partial charge is 0.342 e. The predicted octanol–water partition coefficient (Wildman–Crippen LogP) is 3.80. The number of hydrogen-bond acceptors (Lipinski definition) is 3. The number of fused-ring (bicyclic) bond motifs is 1. The molecule has 1 heterocycles. The van der Waals surface area contributed by atoms with E-state index in [1.165, 1.54) is 28.2 Å². The molecule has 0 saturated carbocycles. The Labute approximate surface area is 152 Å². The van der Waals surface area contributed by atoms with Gasteiger partial charge in [0.25, 0.3) is 5.91 Å². The fraction of sp³-hybridized carbons (Fsp3) is 0.333. The van der Waals surface area contributed by atoms with Crippen LogP contribution < -0.4 is 10.6 Å². The minimum atomic E-state index is -1.66. The Hall–Kier alpha value is -2.35. The van der Waals surface area contributed by atoms with Gasteiger partial charge in [0.05, 0.1) is 17.1 Å². The molecule has 1 aliphatic rings. The maximum atomic E-state index is 13.5. The van der Waals surface area contributed by atoms with Crippen LogP contribution in [0.4, 0.5) is 18.9 Å². The van der Waals surface area contributed by atoms with Gasteiger partial charge in [-0.3, -0.25) is 9.59 Å². The van der Waals surface area contributed by atoms with Crippen molar-refractivity contribution in [2.75, 3.05) is 11.9 Å². The number of benzene rings is 1. The van der Waals surface area contributed by atoms with E-state index in [2.05, 4.69) is 10.6 Å². The molecule has 0 atom stereocenters. The minimum absolute atomic E-state index is 0.385. The number of nitrogens with one attached hydrogen (secondary N) is 2. The molecule has 3 rings (SSSR count). The number of carbonyl (C=O) groups is 2. The van der Waals surface area contributed by atoms with Gasteiger partial charge < -0.3 is 10.6 Å². The number of thiophene rings is 1. The topological polar surface area (TPSA) is 58.2 Å². The standard InChI is InChI=1S/C18H17F3N2O2S/c19-11-6-7-12(17(21)16(11)20)23-15(24)9-22-18(25)14-8-10-4-2-1-3-5-13(10)26-14/h6-8H,1-5,9H2,(H,22,25)(H,23,24). The predicted molar refractivity (Wildman–Crippen MR) is 92.9 cm³/mol. The summed E-state index contributed by atoms with van der Waals surface area (Å²) < 4.78 is 39.6. The Kier molecular flexibility index (Phi) is 5.61. The molecule has 0 aliphatic heterocycles. The first-order chi connectivity index (χ1) is 12.5. The van der Waals surface area contributed by atoms with Crippen LogP contribution in [0.5, 0.6) is 0 Å². The number of anilines is 1. The summed E-state index contributed by atoms with van der Waals surface area (Å²) in [5.41, 5.74) is 0.706. The van der Waals surface area contributed by atoms with Crippen LogP contribution in [0.15, 0.2) is 18.2 Å². The molecule has 2 N–H and O–H groups in total. The zero-order valence-corrected chi connectivity index (χ0v) is 14.6. The molecular weight excluding hydrogens is 365 g/mol. The van der Waals surface area contributed by atoms with Gasteiger partial charge in [-0.25, -0.2) is 13.2 Å². The van der Waals surface area contributed by atoms with Crippen LogP contribution in [-0.2, 0) is 17.6 Å². The van der Waals surface area contributed by atoms with Crippen LogP contribution in [-0.4, -0.2) is 18.4 Å². The third kappa shape index (κ3) is 4.07. The zero-order valence-electron chi connectivity index (χ0n) is 13.8. The first kappa shape index (κ1) is 18.4. The van der Waals surface area contributed by atoms with Crippen LogP contribution in [0.25, 0.3) is 0 Å². The Morgan fingerprint density at radius 3 is 2.62 bits per heavy atom. The van der Waals surface area contributed by atoms with Gasteiger partial charge in [0.15, 0.2) is 17.5 Å². The van der Waals surface area contributed by atoms with E-state index in [0.29, 0.717) is 10.9 Å². The van der Waals surface area contributed by atoms with Crippen molar-refractivity contribution < 1.29 is 22.8 Å². The van der Waals surface area contributed by atoms with Gasteiger partial charge in [0.2, 0.25) is 5.91 Å². The highest BCUT2D eigenvalue weighted by Crippen LogP contribution is 2.28. The Bertz CT molecular complexity index is 828. The minimum Gasteiger partial charge on any atom is -0.342 e. The van der Waals surface area contributed by atoms with Gasteiger partial charge in [-0.2, -0.15) is 0 Å². The van der Waals surface area contributed by atoms with Crippen molar-refractivity contribution >= 4 is 28.8 Å². The average molecular weight is 382 g/mol. The second-order valence-electron chi connectivity index (χ2n) is 6.07. The van der Waals surface area contributed by atoms with Crippen molar-refractivity contribution in [2.24, 2.45) is 0 Å². The number of halogens is 3. The van der Waals surface area contributed by atoms with E-state index in [0.717, 1.165) is 31.7 Å². The van der Waals surface area contributed by atoms with Gasteiger partial charge in [0.1, 0.15) is 0 Å². The Morgan fingerprint density at radius 1 is 1.04 bits per heavy atom. The van der Waals surface area contributed by atoms with Gasteiger partial charge >= 0.3 is 0 Å². The average Bonchev–Trinajstić information content (AvgIpc) is 2.91. The number of carbonyl (C=O) groups excluding carboxylic acids is 2. The zero-order chi connectivity index (χ0) is 18.7. The lowest BCUT2D eigenvalue weighted by molar-refractivity contribution is -0.115. The van der Waals surface area contributed by atoms with Crippen molar-refractivity contribution in [3.05, 3.63) is 51.0 Å². The van der Waals surface area contributed by atoms with Crippen molar-refractivity contribution in [2.45, 2.75) is 32.1 Å². The summed E-state index contributed by atoms with van der Waals surface area (Å²) in [6, 6.07) is 3.49. The van der Waals surface area contributed by atoms with Crippen molar-refractivity contribution in [1.29, 1.82) is 0 Å². The normalized spacial score (nSPS) is 13.7. The summed E-state index contributed by atoms with van der Waals surface area (Å²) in [6.45, 7) is -0.403. The highest BCUT2D eigenvalue weighted by molar-refractivity contribution is 7.14. The fourth-order valence-electron chi connectivity index (χ4n) is 2.84. The van der Waals surface area contributed by atoms with Gasteiger partial charge in [-0.15, -0.1) is 11.3 Å². The molecule has 1 aliphatic carbocycles. The van der Waals surface area contributed by atoms with Crippen LogP contribution in [0.1, 0.15) is 39.4 Å². The summed E-state index contributed by atoms with van der Waals surface area (Å²) in [5.74, 6) is -5.60. The molecule has 0 bridgehead atoms. The number of rotatable bonds is 4. The molecule has 26 heavy (non-hydrogen) atoms. The maximum Gasteiger partial charge on any atom is 0.261 e. The third-order valence-corrected chi connectivity index (χ3v) is 5.43. The Balaban J connectivity index is 1.58. The van der Waals surface area contributed by atoms with Crippen molar-refractivity contribution in [1.82, 2.24) is 5.32 Å². The number of aryl methyl sites for hydroxylation is 2. The second kappa shape index (κ2) is 7.90. The highest BCUT2D eigenvalue weighted by Gasteiger charge is 2.18. The molecule has 2 amide bonds. The molecule has 2 aromatic rings. The number of hydrogen-bond donors (Lipinski definition) is 2. The van der Waals surface area contributed by atoms with Gasteiger partial charge in [-0.1, -0.05) is 6.42 Å². The maximum absolute atomic E-state index is 13.5. The monoisotopic (exact) mass is 382 g/mol. The lowest BCUT2D eigenvalue weighted by Gasteiger charge is -2.08. The molecule has 1 aromatic carbocycles. The SMILES string of the molecule is O=C(CNC(=O)c1cc2c(s1)CCCCC2)Nc1ccc(F)c(F)c1F. The van der Waals surface area contributed by atoms with Crippen LogP contribution in [0, 0.1) is 17.5 Å². The van der Waals surface area contributed by atoms with Crippen LogP contribution >= 0.6 is 11.3 Å². The highest BCUT2D eigenvalue weighted by atomic mass is 32.1. The van der Waals surface area contributed by atoms with E-state index < -0.39 is 35.6 Å². The summed E-state index contributed by atoms with van der Waals surface area (Å²) in [4.78, 5) is 25.8. The molecule has 0 radical (unpaired) electrons. The van der Waals surface area contributed by atoms with E-state index in [1.54, 1.807) is 0 Å². The van der Waals surface area contributed by atoms with E-state index in [4.69, 9.17) is 0 Å². The summed E-state index contributed by atoms with van der Waals surface area (Å²) in [5, 5.41) is 4.57. The quantitative estimate of drug-likeness (QED) is 0.624. The van der Waals surface area contributed by atoms with E-state index in [1.807, 2.05) is 6.07 Å². The van der Waals surface area contributed by atoms with Crippen molar-refractivity contribution in [3.8, 4) is 0 Å². The first-order valence-electron chi connectivity index (χ1n) is 8.29. The second-order valence-corrected chi connectivity index (χ2v) is 7.21. The first-order valence-corrected chi connectivity index (χ1v) is 9.10. The molecular formula is C18H17F3N2O2S. The molecule has 0 fully saturated rings. The van der Waals surface area contributed by atoms with E-state index in [9.17, 15) is 22.8 Å². The fourth-order valence-corrected chi connectivity index (χ4v) is 4.01. The molecule has 4 nitrogen and oxygen atoms in total. The van der Waals surface area contributed by atoms with E-state index in [-0.39, 0.29) is 5.91 Å². The Morgan fingerprint density at radius 2 is 1.81 bits per heavy atom. The summed E-state index contributed by atoms with van der Waals surface area (Å²) >= 11 is 1.42. The van der Waals surface area contributed by atoms with Gasteiger partial charge in [-0.05, 0) is 49.4 Å². The van der Waals surface area contributed by atoms with Crippen molar-refractivity contribution in [3.63, 3.8) is 0 Å². The van der Waals surface area contributed by atoms with Gasteiger partial charge in [0, 0.05) is 4.88 Å². The van der Waals surface area contributed by atoms with Crippen LogP contribution in [0.3, 0.4) is 0 Å². The molecule has 0 unspecified atom stereocenters. The van der Waals surface area contributed by atoms with Crippen LogP contribution in [0.2, 0.25) is 0 Å². The number of amides is 2. The summed E-state index contributed by atoms with van der Waals surface area (Å²) in [7, 11) is 0. The molecule has 138 valence electrons. The van der Waals surface area contributed by atoms with E-state index >= 15 is 0 Å². The third-order valence-electron chi connectivity index (χ3n) is 4.19. The smallest absolute Gasteiger partial charge is 0.261 e. The lowest BCUT2D eigenvalue weighted by atomic mass is 10.1. The molecule has 0 spiro atoms. The molecule has 8 heteroatoms. The molecule has 0 saturated heterocycles.